The number of hydrogen-bond donors (Lipinski definition) is 2. The van der Waals surface area contributed by atoms with Crippen LogP contribution in [-0.4, -0.2) is 29.4 Å². The van der Waals surface area contributed by atoms with E-state index in [1.807, 2.05) is 67.6 Å². The van der Waals surface area contributed by atoms with E-state index in [0.29, 0.717) is 24.6 Å². The van der Waals surface area contributed by atoms with Crippen molar-refractivity contribution in [2.75, 3.05) is 6.54 Å². The number of aromatic nitrogens is 1. The molecule has 0 saturated carbocycles. The van der Waals surface area contributed by atoms with E-state index in [1.54, 1.807) is 6.92 Å². The lowest BCUT2D eigenvalue weighted by Crippen LogP contribution is -2.45. The van der Waals surface area contributed by atoms with Gasteiger partial charge in [0.15, 0.2) is 11.7 Å². The molecule has 3 rings (SSSR count). The van der Waals surface area contributed by atoms with E-state index in [1.165, 1.54) is 0 Å². The van der Waals surface area contributed by atoms with Crippen molar-refractivity contribution >= 4 is 11.8 Å². The van der Waals surface area contributed by atoms with E-state index in [9.17, 15) is 9.59 Å². The predicted octanol–water partition coefficient (Wildman–Crippen LogP) is 3.97. The van der Waals surface area contributed by atoms with Gasteiger partial charge in [0.25, 0.3) is 0 Å². The molecule has 6 nitrogen and oxygen atoms in total. The molecule has 2 amide bonds. The third kappa shape index (κ3) is 5.56. The summed E-state index contributed by atoms with van der Waals surface area (Å²) in [6.07, 6.45) is 1.39. The molecule has 156 valence electrons. The Hall–Kier alpha value is -3.41. The Morgan fingerprint density at radius 2 is 1.63 bits per heavy atom. The summed E-state index contributed by atoms with van der Waals surface area (Å²) in [6.45, 7) is 4.25. The third-order valence-corrected chi connectivity index (χ3v) is 4.64. The standard InChI is InChI=1S/C24H27N3O3/c1-3-16-25-24(29)17(2)26-20(28)14-15-21-27-22(18-10-6-4-7-11-18)23(30-21)19-12-8-5-9-13-19/h4-13,17H,3,14-16H2,1-2H3,(H,25,29)(H,26,28). The topological polar surface area (TPSA) is 84.2 Å². The summed E-state index contributed by atoms with van der Waals surface area (Å²) < 4.78 is 6.04. The Kier molecular flexibility index (Phi) is 7.38. The van der Waals surface area contributed by atoms with E-state index >= 15 is 0 Å². The van der Waals surface area contributed by atoms with Gasteiger partial charge in [-0.1, -0.05) is 67.6 Å². The predicted molar refractivity (Wildman–Crippen MR) is 117 cm³/mol. The number of oxazole rings is 1. The third-order valence-electron chi connectivity index (χ3n) is 4.64. The highest BCUT2D eigenvalue weighted by Gasteiger charge is 2.19. The zero-order chi connectivity index (χ0) is 21.3. The largest absolute Gasteiger partial charge is 0.440 e. The maximum atomic E-state index is 12.3. The average molecular weight is 405 g/mol. The average Bonchev–Trinajstić information content (AvgIpc) is 3.21. The van der Waals surface area contributed by atoms with Crippen LogP contribution in [0.3, 0.4) is 0 Å². The molecular weight excluding hydrogens is 378 g/mol. The number of aryl methyl sites for hydroxylation is 1. The number of carbonyl (C=O) groups excluding carboxylic acids is 2. The quantitative estimate of drug-likeness (QED) is 0.564. The Morgan fingerprint density at radius 3 is 2.27 bits per heavy atom. The van der Waals surface area contributed by atoms with Gasteiger partial charge in [-0.3, -0.25) is 9.59 Å². The number of nitrogens with zero attached hydrogens (tertiary/aromatic N) is 1. The van der Waals surface area contributed by atoms with Gasteiger partial charge in [0, 0.05) is 30.5 Å². The van der Waals surface area contributed by atoms with Crippen LogP contribution in [0.1, 0.15) is 32.6 Å². The highest BCUT2D eigenvalue weighted by molar-refractivity contribution is 5.87. The fraction of sp³-hybridized carbons (Fsp3) is 0.292. The van der Waals surface area contributed by atoms with Crippen molar-refractivity contribution < 1.29 is 14.0 Å². The summed E-state index contributed by atoms with van der Waals surface area (Å²) in [5.74, 6) is 0.782. The van der Waals surface area contributed by atoms with Gasteiger partial charge in [0.1, 0.15) is 11.7 Å². The molecule has 3 aromatic rings. The number of amides is 2. The molecule has 0 radical (unpaired) electrons. The number of carbonyl (C=O) groups is 2. The molecule has 6 heteroatoms. The first kappa shape index (κ1) is 21.3. The summed E-state index contributed by atoms with van der Waals surface area (Å²) in [5, 5.41) is 5.50. The van der Waals surface area contributed by atoms with Crippen LogP contribution >= 0.6 is 0 Å². The molecule has 30 heavy (non-hydrogen) atoms. The van der Waals surface area contributed by atoms with Gasteiger partial charge in [-0.2, -0.15) is 0 Å². The molecular formula is C24H27N3O3. The lowest BCUT2D eigenvalue weighted by Gasteiger charge is -2.13. The van der Waals surface area contributed by atoms with Gasteiger partial charge in [-0.05, 0) is 13.3 Å². The molecule has 1 aromatic heterocycles. The molecule has 0 saturated heterocycles. The van der Waals surface area contributed by atoms with Gasteiger partial charge >= 0.3 is 0 Å². The van der Waals surface area contributed by atoms with Crippen LogP contribution in [0.2, 0.25) is 0 Å². The Balaban J connectivity index is 1.70. The fourth-order valence-electron chi connectivity index (χ4n) is 3.05. The summed E-state index contributed by atoms with van der Waals surface area (Å²) in [5.41, 5.74) is 2.64. The number of hydrogen-bond acceptors (Lipinski definition) is 4. The van der Waals surface area contributed by atoms with E-state index in [4.69, 9.17) is 4.42 Å². The van der Waals surface area contributed by atoms with E-state index in [2.05, 4.69) is 15.6 Å². The minimum Gasteiger partial charge on any atom is -0.440 e. The fourth-order valence-corrected chi connectivity index (χ4v) is 3.05. The molecule has 1 unspecified atom stereocenters. The van der Waals surface area contributed by atoms with Crippen LogP contribution in [0.4, 0.5) is 0 Å². The Labute approximate surface area is 176 Å². The van der Waals surface area contributed by atoms with E-state index in [-0.39, 0.29) is 18.2 Å². The van der Waals surface area contributed by atoms with Gasteiger partial charge in [0.05, 0.1) is 0 Å². The van der Waals surface area contributed by atoms with E-state index in [0.717, 1.165) is 23.2 Å². The molecule has 0 aliphatic heterocycles. The van der Waals surface area contributed by atoms with Crippen molar-refractivity contribution in [3.05, 3.63) is 66.6 Å². The monoisotopic (exact) mass is 405 g/mol. The first-order chi connectivity index (χ1) is 14.6. The summed E-state index contributed by atoms with van der Waals surface area (Å²) >= 11 is 0. The molecule has 1 atom stereocenters. The number of rotatable bonds is 9. The van der Waals surface area contributed by atoms with E-state index < -0.39 is 6.04 Å². The molecule has 0 aliphatic carbocycles. The van der Waals surface area contributed by atoms with Gasteiger partial charge in [-0.25, -0.2) is 4.98 Å². The lowest BCUT2D eigenvalue weighted by molar-refractivity contribution is -0.128. The van der Waals surface area contributed by atoms with Gasteiger partial charge < -0.3 is 15.1 Å². The van der Waals surface area contributed by atoms with Gasteiger partial charge in [-0.15, -0.1) is 0 Å². The zero-order valence-corrected chi connectivity index (χ0v) is 17.4. The Morgan fingerprint density at radius 1 is 1.00 bits per heavy atom. The SMILES string of the molecule is CCCNC(=O)C(C)NC(=O)CCc1nc(-c2ccccc2)c(-c2ccccc2)o1. The second-order valence-electron chi connectivity index (χ2n) is 7.10. The van der Waals surface area contributed by atoms with Crippen molar-refractivity contribution in [3.63, 3.8) is 0 Å². The van der Waals surface area contributed by atoms with Crippen LogP contribution in [0.15, 0.2) is 65.1 Å². The summed E-state index contributed by atoms with van der Waals surface area (Å²) in [4.78, 5) is 28.9. The van der Waals surface area contributed by atoms with Crippen LogP contribution in [-0.2, 0) is 16.0 Å². The second-order valence-corrected chi connectivity index (χ2v) is 7.10. The van der Waals surface area contributed by atoms with Gasteiger partial charge in [0.2, 0.25) is 11.8 Å². The molecule has 2 aromatic carbocycles. The molecule has 0 bridgehead atoms. The van der Waals surface area contributed by atoms with Crippen LogP contribution in [0.25, 0.3) is 22.6 Å². The molecule has 2 N–H and O–H groups in total. The Bertz CT molecular complexity index is 911. The number of benzene rings is 2. The minimum absolute atomic E-state index is 0.181. The van der Waals surface area contributed by atoms with Crippen molar-refractivity contribution in [1.29, 1.82) is 0 Å². The molecule has 0 fully saturated rings. The van der Waals surface area contributed by atoms with Crippen LogP contribution < -0.4 is 10.6 Å². The first-order valence-corrected chi connectivity index (χ1v) is 10.3. The lowest BCUT2D eigenvalue weighted by atomic mass is 10.1. The first-order valence-electron chi connectivity index (χ1n) is 10.3. The number of nitrogens with one attached hydrogen (secondary N) is 2. The highest BCUT2D eigenvalue weighted by Crippen LogP contribution is 2.32. The maximum absolute atomic E-state index is 12.3. The van der Waals surface area contributed by atoms with Crippen molar-refractivity contribution in [3.8, 4) is 22.6 Å². The van der Waals surface area contributed by atoms with Crippen LogP contribution in [0, 0.1) is 0 Å². The summed E-state index contributed by atoms with van der Waals surface area (Å²) in [6, 6.07) is 19.0. The maximum Gasteiger partial charge on any atom is 0.242 e. The van der Waals surface area contributed by atoms with Crippen LogP contribution in [0.5, 0.6) is 0 Å². The molecule has 0 aliphatic rings. The molecule has 1 heterocycles. The van der Waals surface area contributed by atoms with Crippen molar-refractivity contribution in [1.82, 2.24) is 15.6 Å². The summed E-state index contributed by atoms with van der Waals surface area (Å²) in [7, 11) is 0. The van der Waals surface area contributed by atoms with Crippen molar-refractivity contribution in [2.24, 2.45) is 0 Å². The highest BCUT2D eigenvalue weighted by atomic mass is 16.4. The second kappa shape index (κ2) is 10.4. The molecule has 0 spiro atoms. The smallest absolute Gasteiger partial charge is 0.242 e. The van der Waals surface area contributed by atoms with Crippen molar-refractivity contribution in [2.45, 2.75) is 39.2 Å². The minimum atomic E-state index is -0.576. The normalized spacial score (nSPS) is 11.7. The zero-order valence-electron chi connectivity index (χ0n) is 17.4.